The lowest BCUT2D eigenvalue weighted by Crippen LogP contribution is -2.52. The average molecular weight is 297 g/mol. The molecular weight excluding hydrogens is 272 g/mol. The SMILES string of the molecule is CCNC(Cc1c(F)cccc1F)C1(OCC)CCCC1. The van der Waals surface area contributed by atoms with Crippen LogP contribution in [0, 0.1) is 11.6 Å². The molecule has 1 aliphatic rings. The number of likely N-dealkylation sites (N-methyl/N-ethyl adjacent to an activating group) is 1. The van der Waals surface area contributed by atoms with Gasteiger partial charge in [0.2, 0.25) is 0 Å². The molecule has 0 saturated heterocycles. The predicted molar refractivity (Wildman–Crippen MR) is 80.4 cm³/mol. The number of hydrogen-bond acceptors (Lipinski definition) is 2. The molecule has 0 radical (unpaired) electrons. The van der Waals surface area contributed by atoms with Gasteiger partial charge in [-0.2, -0.15) is 0 Å². The first kappa shape index (κ1) is 16.4. The molecule has 0 bridgehead atoms. The Balaban J connectivity index is 2.26. The van der Waals surface area contributed by atoms with Crippen LogP contribution in [0.1, 0.15) is 45.1 Å². The Bertz CT molecular complexity index is 438. The fraction of sp³-hybridized carbons (Fsp3) is 0.647. The Morgan fingerprint density at radius 3 is 2.33 bits per heavy atom. The van der Waals surface area contributed by atoms with Gasteiger partial charge in [0, 0.05) is 18.2 Å². The van der Waals surface area contributed by atoms with Crippen molar-refractivity contribution >= 4 is 0 Å². The number of ether oxygens (including phenoxy) is 1. The first-order valence-electron chi connectivity index (χ1n) is 7.93. The van der Waals surface area contributed by atoms with Gasteiger partial charge in [-0.1, -0.05) is 25.8 Å². The van der Waals surface area contributed by atoms with Crippen LogP contribution in [-0.2, 0) is 11.2 Å². The average Bonchev–Trinajstić information content (AvgIpc) is 2.92. The van der Waals surface area contributed by atoms with Crippen LogP contribution in [-0.4, -0.2) is 24.8 Å². The number of halogens is 2. The third-order valence-electron chi connectivity index (χ3n) is 4.44. The van der Waals surface area contributed by atoms with Crippen LogP contribution in [0.15, 0.2) is 18.2 Å². The molecule has 1 aromatic carbocycles. The molecule has 2 nitrogen and oxygen atoms in total. The zero-order chi connectivity index (χ0) is 15.3. The highest BCUT2D eigenvalue weighted by atomic mass is 19.1. The third-order valence-corrected chi connectivity index (χ3v) is 4.44. The molecule has 1 aliphatic carbocycles. The molecule has 118 valence electrons. The molecule has 0 spiro atoms. The molecule has 1 atom stereocenters. The minimum Gasteiger partial charge on any atom is -0.374 e. The molecule has 1 unspecified atom stereocenters. The van der Waals surface area contributed by atoms with Crippen molar-refractivity contribution in [1.29, 1.82) is 0 Å². The molecule has 0 aliphatic heterocycles. The Kier molecular flexibility index (Phi) is 5.71. The topological polar surface area (TPSA) is 21.3 Å². The minimum absolute atomic E-state index is 0.0589. The number of hydrogen-bond donors (Lipinski definition) is 1. The first-order chi connectivity index (χ1) is 10.1. The van der Waals surface area contributed by atoms with Crippen LogP contribution < -0.4 is 5.32 Å². The molecule has 0 amide bonds. The highest BCUT2D eigenvalue weighted by Gasteiger charge is 2.42. The number of rotatable bonds is 7. The van der Waals surface area contributed by atoms with Crippen molar-refractivity contribution < 1.29 is 13.5 Å². The lowest BCUT2D eigenvalue weighted by Gasteiger charge is -2.38. The highest BCUT2D eigenvalue weighted by molar-refractivity contribution is 5.22. The summed E-state index contributed by atoms with van der Waals surface area (Å²) in [6.07, 6.45) is 4.46. The van der Waals surface area contributed by atoms with Gasteiger partial charge < -0.3 is 10.1 Å². The lowest BCUT2D eigenvalue weighted by atomic mass is 9.86. The second kappa shape index (κ2) is 7.32. The second-order valence-corrected chi connectivity index (χ2v) is 5.72. The van der Waals surface area contributed by atoms with Gasteiger partial charge in [0.1, 0.15) is 11.6 Å². The van der Waals surface area contributed by atoms with Crippen molar-refractivity contribution in [1.82, 2.24) is 5.32 Å². The van der Waals surface area contributed by atoms with E-state index in [1.54, 1.807) is 0 Å². The van der Waals surface area contributed by atoms with Crippen molar-refractivity contribution in [2.24, 2.45) is 0 Å². The van der Waals surface area contributed by atoms with Crippen LogP contribution >= 0.6 is 0 Å². The van der Waals surface area contributed by atoms with Gasteiger partial charge in [0.25, 0.3) is 0 Å². The van der Waals surface area contributed by atoms with E-state index in [1.165, 1.54) is 18.2 Å². The molecule has 1 N–H and O–H groups in total. The second-order valence-electron chi connectivity index (χ2n) is 5.72. The molecule has 4 heteroatoms. The van der Waals surface area contributed by atoms with Gasteiger partial charge in [0.15, 0.2) is 0 Å². The maximum atomic E-state index is 13.9. The summed E-state index contributed by atoms with van der Waals surface area (Å²) in [5.41, 5.74) is -0.131. The Hall–Kier alpha value is -1.00. The quantitative estimate of drug-likeness (QED) is 0.826. The summed E-state index contributed by atoms with van der Waals surface area (Å²) in [5, 5.41) is 3.39. The van der Waals surface area contributed by atoms with E-state index in [0.29, 0.717) is 13.0 Å². The van der Waals surface area contributed by atoms with Crippen molar-refractivity contribution in [2.45, 2.75) is 57.6 Å². The molecule has 0 aromatic heterocycles. The molecule has 21 heavy (non-hydrogen) atoms. The predicted octanol–water partition coefficient (Wildman–Crippen LogP) is 3.83. The molecule has 2 rings (SSSR count). The highest BCUT2D eigenvalue weighted by Crippen LogP contribution is 2.37. The molecule has 1 fully saturated rings. The monoisotopic (exact) mass is 297 g/mol. The van der Waals surface area contributed by atoms with Crippen molar-refractivity contribution in [3.05, 3.63) is 35.4 Å². The normalized spacial score (nSPS) is 18.9. The van der Waals surface area contributed by atoms with Gasteiger partial charge in [0.05, 0.1) is 5.60 Å². The fourth-order valence-electron chi connectivity index (χ4n) is 3.48. The van der Waals surface area contributed by atoms with Gasteiger partial charge in [-0.05, 0) is 44.9 Å². The summed E-state index contributed by atoms with van der Waals surface area (Å²) in [6.45, 7) is 5.38. The summed E-state index contributed by atoms with van der Waals surface area (Å²) in [7, 11) is 0. The number of benzene rings is 1. The molecule has 1 saturated carbocycles. The van der Waals surface area contributed by atoms with E-state index in [4.69, 9.17) is 4.74 Å². The van der Waals surface area contributed by atoms with E-state index in [2.05, 4.69) is 5.32 Å². The molecular formula is C17H25F2NO. The third kappa shape index (κ3) is 3.61. The summed E-state index contributed by atoms with van der Waals surface area (Å²) in [4.78, 5) is 0. The Morgan fingerprint density at radius 2 is 1.81 bits per heavy atom. The first-order valence-corrected chi connectivity index (χ1v) is 7.93. The molecule has 1 aromatic rings. The van der Waals surface area contributed by atoms with Crippen molar-refractivity contribution in [3.63, 3.8) is 0 Å². The van der Waals surface area contributed by atoms with Crippen molar-refractivity contribution in [3.8, 4) is 0 Å². The molecule has 0 heterocycles. The summed E-state index contributed by atoms with van der Waals surface area (Å²) >= 11 is 0. The van der Waals surface area contributed by atoms with E-state index in [9.17, 15) is 8.78 Å². The summed E-state index contributed by atoms with van der Waals surface area (Å²) < 4.78 is 33.9. The zero-order valence-electron chi connectivity index (χ0n) is 12.9. The van der Waals surface area contributed by atoms with E-state index in [0.717, 1.165) is 32.2 Å². The zero-order valence-corrected chi connectivity index (χ0v) is 12.9. The van der Waals surface area contributed by atoms with E-state index < -0.39 is 11.6 Å². The van der Waals surface area contributed by atoms with Gasteiger partial charge in [-0.15, -0.1) is 0 Å². The summed E-state index contributed by atoms with van der Waals surface area (Å²) in [5.74, 6) is -0.940. The maximum Gasteiger partial charge on any atom is 0.129 e. The van der Waals surface area contributed by atoms with Crippen molar-refractivity contribution in [2.75, 3.05) is 13.2 Å². The van der Waals surface area contributed by atoms with Gasteiger partial charge >= 0.3 is 0 Å². The minimum atomic E-state index is -0.470. The van der Waals surface area contributed by atoms with Crippen LogP contribution in [0.4, 0.5) is 8.78 Å². The van der Waals surface area contributed by atoms with Crippen LogP contribution in [0.3, 0.4) is 0 Å². The Labute approximate surface area is 125 Å². The number of nitrogens with one attached hydrogen (secondary N) is 1. The van der Waals surface area contributed by atoms with Gasteiger partial charge in [-0.25, -0.2) is 8.78 Å². The Morgan fingerprint density at radius 1 is 1.19 bits per heavy atom. The smallest absolute Gasteiger partial charge is 0.129 e. The van der Waals surface area contributed by atoms with E-state index in [1.807, 2.05) is 13.8 Å². The van der Waals surface area contributed by atoms with E-state index >= 15 is 0 Å². The largest absolute Gasteiger partial charge is 0.374 e. The van der Waals surface area contributed by atoms with Crippen LogP contribution in [0.25, 0.3) is 0 Å². The standard InChI is InChI=1S/C17H25F2NO/c1-3-20-16(17(21-4-2)10-5-6-11-17)12-13-14(18)8-7-9-15(13)19/h7-9,16,20H,3-6,10-12H2,1-2H3. The lowest BCUT2D eigenvalue weighted by molar-refractivity contribution is -0.0612. The maximum absolute atomic E-state index is 13.9. The van der Waals surface area contributed by atoms with Crippen LogP contribution in [0.2, 0.25) is 0 Å². The van der Waals surface area contributed by atoms with Gasteiger partial charge in [-0.3, -0.25) is 0 Å². The fourth-order valence-corrected chi connectivity index (χ4v) is 3.48. The summed E-state index contributed by atoms with van der Waals surface area (Å²) in [6, 6.07) is 3.99. The van der Waals surface area contributed by atoms with E-state index in [-0.39, 0.29) is 17.2 Å². The van der Waals surface area contributed by atoms with Crippen LogP contribution in [0.5, 0.6) is 0 Å².